The molecule has 8 heteroatoms. The highest BCUT2D eigenvalue weighted by atomic mass is 79.9. The highest BCUT2D eigenvalue weighted by Crippen LogP contribution is 2.36. The van der Waals surface area contributed by atoms with E-state index in [9.17, 15) is 10.1 Å². The third-order valence-electron chi connectivity index (χ3n) is 4.37. The number of nitro benzene ring substituents is 1. The number of benzene rings is 3. The van der Waals surface area contributed by atoms with Gasteiger partial charge in [0.15, 0.2) is 0 Å². The topological polar surface area (TPSA) is 71.8 Å². The van der Waals surface area contributed by atoms with Crippen molar-refractivity contribution in [3.05, 3.63) is 91.4 Å². The van der Waals surface area contributed by atoms with E-state index in [0.717, 1.165) is 16.8 Å². The van der Waals surface area contributed by atoms with Crippen LogP contribution in [0, 0.1) is 10.1 Å². The van der Waals surface area contributed by atoms with Gasteiger partial charge in [0.05, 0.1) is 20.8 Å². The Bertz CT molecular complexity index is 1140. The van der Waals surface area contributed by atoms with E-state index >= 15 is 0 Å². The summed E-state index contributed by atoms with van der Waals surface area (Å²) in [4.78, 5) is 18.9. The predicted molar refractivity (Wildman–Crippen MR) is 119 cm³/mol. The van der Waals surface area contributed by atoms with Gasteiger partial charge in [-0.3, -0.25) is 10.1 Å². The van der Waals surface area contributed by atoms with Gasteiger partial charge in [-0.15, -0.1) is 0 Å². The summed E-state index contributed by atoms with van der Waals surface area (Å²) in [5.41, 5.74) is 3.84. The molecular formula is C21H12BrCl2N3O2. The number of nitro groups is 1. The standard InChI is InChI=1S/C21H12BrCl2N3O2/c22-17-10-5-14(11-18(17)27(28)29)21-25-19(12-1-6-15(23)7-2-12)20(26-21)13-3-8-16(24)9-4-13/h1-11H,(H,25,26). The number of rotatable bonds is 4. The third-order valence-corrected chi connectivity index (χ3v) is 5.55. The second kappa shape index (κ2) is 7.99. The van der Waals surface area contributed by atoms with Crippen molar-refractivity contribution < 1.29 is 4.92 Å². The molecular weight excluding hydrogens is 477 g/mol. The van der Waals surface area contributed by atoms with Crippen molar-refractivity contribution in [2.24, 2.45) is 0 Å². The van der Waals surface area contributed by atoms with Gasteiger partial charge in [0.2, 0.25) is 0 Å². The number of halogens is 3. The Morgan fingerprint density at radius 2 is 1.41 bits per heavy atom. The second-order valence-electron chi connectivity index (χ2n) is 6.25. The molecule has 0 amide bonds. The fraction of sp³-hybridized carbons (Fsp3) is 0. The van der Waals surface area contributed by atoms with Crippen LogP contribution in [-0.4, -0.2) is 14.9 Å². The van der Waals surface area contributed by atoms with E-state index < -0.39 is 4.92 Å². The maximum absolute atomic E-state index is 11.3. The zero-order valence-electron chi connectivity index (χ0n) is 14.7. The Morgan fingerprint density at radius 1 is 0.862 bits per heavy atom. The molecule has 0 unspecified atom stereocenters. The average molecular weight is 489 g/mol. The first-order chi connectivity index (χ1) is 13.9. The molecule has 0 spiro atoms. The number of hydrogen-bond acceptors (Lipinski definition) is 3. The van der Waals surface area contributed by atoms with E-state index in [-0.39, 0.29) is 5.69 Å². The van der Waals surface area contributed by atoms with Gasteiger partial charge in [0, 0.05) is 32.8 Å². The summed E-state index contributed by atoms with van der Waals surface area (Å²) in [7, 11) is 0. The smallest absolute Gasteiger partial charge is 0.284 e. The number of nitrogens with zero attached hydrogens (tertiary/aromatic N) is 2. The van der Waals surface area contributed by atoms with Crippen LogP contribution in [0.25, 0.3) is 33.9 Å². The Hall–Kier alpha value is -2.67. The van der Waals surface area contributed by atoms with Gasteiger partial charge < -0.3 is 4.98 Å². The van der Waals surface area contributed by atoms with E-state index in [4.69, 9.17) is 28.2 Å². The van der Waals surface area contributed by atoms with Crippen molar-refractivity contribution in [2.75, 3.05) is 0 Å². The summed E-state index contributed by atoms with van der Waals surface area (Å²) in [6, 6.07) is 19.6. The Morgan fingerprint density at radius 3 is 2.00 bits per heavy atom. The van der Waals surface area contributed by atoms with E-state index in [2.05, 4.69) is 20.9 Å². The van der Waals surface area contributed by atoms with Gasteiger partial charge in [-0.2, -0.15) is 0 Å². The number of imidazole rings is 1. The molecule has 1 aromatic heterocycles. The Labute approximate surface area is 184 Å². The highest BCUT2D eigenvalue weighted by Gasteiger charge is 2.18. The molecule has 0 radical (unpaired) electrons. The number of H-pyrrole nitrogens is 1. The number of hydrogen-bond donors (Lipinski definition) is 1. The molecule has 4 rings (SSSR count). The molecule has 0 saturated heterocycles. The van der Waals surface area contributed by atoms with Gasteiger partial charge in [0.25, 0.3) is 5.69 Å². The van der Waals surface area contributed by atoms with E-state index in [1.165, 1.54) is 6.07 Å². The van der Waals surface area contributed by atoms with E-state index in [1.807, 2.05) is 24.3 Å². The largest absolute Gasteiger partial charge is 0.337 e. The molecule has 1 heterocycles. The van der Waals surface area contributed by atoms with Crippen molar-refractivity contribution in [2.45, 2.75) is 0 Å². The molecule has 0 bridgehead atoms. The summed E-state index contributed by atoms with van der Waals surface area (Å²) >= 11 is 15.3. The van der Waals surface area contributed by atoms with Crippen LogP contribution in [0.3, 0.4) is 0 Å². The summed E-state index contributed by atoms with van der Waals surface area (Å²) in [6.07, 6.45) is 0. The van der Waals surface area contributed by atoms with Crippen LogP contribution in [0.1, 0.15) is 0 Å². The van der Waals surface area contributed by atoms with Crippen molar-refractivity contribution >= 4 is 44.8 Å². The molecule has 0 atom stereocenters. The summed E-state index contributed by atoms with van der Waals surface area (Å²) < 4.78 is 0.411. The normalized spacial score (nSPS) is 10.9. The lowest BCUT2D eigenvalue weighted by molar-refractivity contribution is -0.385. The number of aromatic nitrogens is 2. The molecule has 144 valence electrons. The molecule has 5 nitrogen and oxygen atoms in total. The fourth-order valence-corrected chi connectivity index (χ4v) is 3.60. The highest BCUT2D eigenvalue weighted by molar-refractivity contribution is 9.10. The SMILES string of the molecule is O=[N+]([O-])c1cc(-c2nc(-c3ccc(Cl)cc3)c(-c3ccc(Cl)cc3)[nH]2)ccc1Br. The van der Waals surface area contributed by atoms with Crippen molar-refractivity contribution in [1.29, 1.82) is 0 Å². The second-order valence-corrected chi connectivity index (χ2v) is 7.97. The summed E-state index contributed by atoms with van der Waals surface area (Å²) in [6.45, 7) is 0. The van der Waals surface area contributed by atoms with Crippen LogP contribution in [0.2, 0.25) is 10.0 Å². The van der Waals surface area contributed by atoms with Gasteiger partial charge >= 0.3 is 0 Å². The zero-order chi connectivity index (χ0) is 20.5. The molecule has 3 aromatic carbocycles. The molecule has 4 aromatic rings. The third kappa shape index (κ3) is 4.05. The molecule has 29 heavy (non-hydrogen) atoms. The maximum Gasteiger partial charge on any atom is 0.284 e. The van der Waals surface area contributed by atoms with Crippen LogP contribution in [0.15, 0.2) is 71.2 Å². The van der Waals surface area contributed by atoms with Gasteiger partial charge in [0.1, 0.15) is 5.82 Å². The average Bonchev–Trinajstić information content (AvgIpc) is 3.14. The predicted octanol–water partition coefficient (Wildman–Crippen LogP) is 7.39. The van der Waals surface area contributed by atoms with Crippen LogP contribution < -0.4 is 0 Å². The monoisotopic (exact) mass is 487 g/mol. The van der Waals surface area contributed by atoms with Gasteiger partial charge in [-0.25, -0.2) is 4.98 Å². The first-order valence-electron chi connectivity index (χ1n) is 8.48. The molecule has 0 aliphatic carbocycles. The lowest BCUT2D eigenvalue weighted by atomic mass is 10.1. The van der Waals surface area contributed by atoms with Crippen LogP contribution in [0.5, 0.6) is 0 Å². The van der Waals surface area contributed by atoms with Crippen LogP contribution >= 0.6 is 39.1 Å². The minimum absolute atomic E-state index is 0.0278. The molecule has 0 aliphatic heterocycles. The lowest BCUT2D eigenvalue weighted by Crippen LogP contribution is -1.91. The fourth-order valence-electron chi connectivity index (χ4n) is 2.95. The minimum atomic E-state index is -0.434. The Kier molecular flexibility index (Phi) is 5.41. The molecule has 0 fully saturated rings. The lowest BCUT2D eigenvalue weighted by Gasteiger charge is -2.03. The van der Waals surface area contributed by atoms with E-state index in [0.29, 0.717) is 31.6 Å². The molecule has 0 saturated carbocycles. The first-order valence-corrected chi connectivity index (χ1v) is 10.0. The van der Waals surface area contributed by atoms with Crippen molar-refractivity contribution in [1.82, 2.24) is 9.97 Å². The summed E-state index contributed by atoms with van der Waals surface area (Å²) in [5.74, 6) is 0.524. The van der Waals surface area contributed by atoms with Gasteiger partial charge in [-0.05, 0) is 52.3 Å². The first kappa shape index (κ1) is 19.6. The van der Waals surface area contributed by atoms with Crippen LogP contribution in [0.4, 0.5) is 5.69 Å². The number of nitrogens with one attached hydrogen (secondary N) is 1. The van der Waals surface area contributed by atoms with Crippen molar-refractivity contribution in [3.8, 4) is 33.9 Å². The molecule has 1 N–H and O–H groups in total. The quantitative estimate of drug-likeness (QED) is 0.240. The van der Waals surface area contributed by atoms with Crippen molar-refractivity contribution in [3.63, 3.8) is 0 Å². The maximum atomic E-state index is 11.3. The van der Waals surface area contributed by atoms with Crippen LogP contribution in [-0.2, 0) is 0 Å². The van der Waals surface area contributed by atoms with E-state index in [1.54, 1.807) is 36.4 Å². The molecule has 0 aliphatic rings. The Balaban J connectivity index is 1.90. The van der Waals surface area contributed by atoms with Gasteiger partial charge in [-0.1, -0.05) is 47.5 Å². The number of aromatic amines is 1. The zero-order valence-corrected chi connectivity index (χ0v) is 17.8. The minimum Gasteiger partial charge on any atom is -0.337 e. The summed E-state index contributed by atoms with van der Waals surface area (Å²) in [5, 5.41) is 12.6.